The van der Waals surface area contributed by atoms with Crippen molar-refractivity contribution >= 4 is 37.3 Å². The number of sulfonamides is 2. The van der Waals surface area contributed by atoms with Gasteiger partial charge in [-0.25, -0.2) is 25.6 Å². The SMILES string of the molecule is O=S(=O)(Nc1ccc2c(c1)CN(S(=O)(=O)c1ccc(Cl)cc1)CC2)c1ccc(F)cc1F. The summed E-state index contributed by atoms with van der Waals surface area (Å²) in [6, 6.07) is 12.7. The lowest BCUT2D eigenvalue weighted by Crippen LogP contribution is -2.36. The van der Waals surface area contributed by atoms with E-state index in [-0.39, 0.29) is 23.7 Å². The van der Waals surface area contributed by atoms with Gasteiger partial charge in [0.15, 0.2) is 0 Å². The number of anilines is 1. The molecule has 6 nitrogen and oxygen atoms in total. The molecule has 4 rings (SSSR count). The number of nitrogens with one attached hydrogen (secondary N) is 1. The number of rotatable bonds is 5. The first-order chi connectivity index (χ1) is 15.1. The minimum atomic E-state index is -4.31. The molecule has 11 heteroatoms. The molecule has 1 heterocycles. The zero-order valence-electron chi connectivity index (χ0n) is 16.4. The minimum Gasteiger partial charge on any atom is -0.280 e. The van der Waals surface area contributed by atoms with Gasteiger partial charge in [-0.15, -0.1) is 0 Å². The molecule has 0 fully saturated rings. The Morgan fingerprint density at radius 3 is 2.28 bits per heavy atom. The molecule has 3 aromatic rings. The standard InChI is InChI=1S/C21H17ClF2N2O4S2/c22-16-2-6-19(7-3-16)32(29,30)26-10-9-14-1-5-18(11-15(14)13-26)25-31(27,28)21-8-4-17(23)12-20(21)24/h1-8,11-12,25H,9-10,13H2. The third-order valence-corrected chi connectivity index (χ3v) is 8.60. The molecule has 0 radical (unpaired) electrons. The van der Waals surface area contributed by atoms with Crippen molar-refractivity contribution in [3.63, 3.8) is 0 Å². The molecule has 1 N–H and O–H groups in total. The van der Waals surface area contributed by atoms with Gasteiger partial charge in [0.25, 0.3) is 10.0 Å². The molecule has 0 aromatic heterocycles. The Bertz CT molecular complexity index is 1400. The number of halogens is 3. The van der Waals surface area contributed by atoms with Gasteiger partial charge in [-0.1, -0.05) is 17.7 Å². The van der Waals surface area contributed by atoms with Gasteiger partial charge in [-0.2, -0.15) is 4.31 Å². The highest BCUT2D eigenvalue weighted by Gasteiger charge is 2.29. The number of fused-ring (bicyclic) bond motifs is 1. The lowest BCUT2D eigenvalue weighted by Gasteiger charge is -2.28. The van der Waals surface area contributed by atoms with Gasteiger partial charge in [0.1, 0.15) is 16.5 Å². The van der Waals surface area contributed by atoms with Gasteiger partial charge in [-0.05, 0) is 66.1 Å². The van der Waals surface area contributed by atoms with Crippen LogP contribution in [-0.2, 0) is 33.0 Å². The van der Waals surface area contributed by atoms with Crippen LogP contribution in [0.2, 0.25) is 5.02 Å². The van der Waals surface area contributed by atoms with Gasteiger partial charge >= 0.3 is 0 Å². The summed E-state index contributed by atoms with van der Waals surface area (Å²) in [5.41, 5.74) is 1.63. The fourth-order valence-electron chi connectivity index (χ4n) is 3.46. The maximum absolute atomic E-state index is 13.9. The lowest BCUT2D eigenvalue weighted by atomic mass is 10.0. The number of hydrogen-bond acceptors (Lipinski definition) is 4. The molecule has 3 aromatic carbocycles. The monoisotopic (exact) mass is 498 g/mol. The van der Waals surface area contributed by atoms with Crippen molar-refractivity contribution in [1.29, 1.82) is 0 Å². The average molecular weight is 499 g/mol. The van der Waals surface area contributed by atoms with E-state index in [1.807, 2.05) is 0 Å². The van der Waals surface area contributed by atoms with Crippen LogP contribution in [-0.4, -0.2) is 27.7 Å². The quantitative estimate of drug-likeness (QED) is 0.572. The van der Waals surface area contributed by atoms with Gasteiger partial charge < -0.3 is 0 Å². The van der Waals surface area contributed by atoms with Crippen LogP contribution in [0.3, 0.4) is 0 Å². The molecular weight excluding hydrogens is 482 g/mol. The van der Waals surface area contributed by atoms with E-state index in [1.54, 1.807) is 6.07 Å². The summed E-state index contributed by atoms with van der Waals surface area (Å²) >= 11 is 5.84. The molecule has 0 atom stereocenters. The summed E-state index contributed by atoms with van der Waals surface area (Å²) in [6.07, 6.45) is 0.446. The van der Waals surface area contributed by atoms with Gasteiger partial charge in [0, 0.05) is 29.9 Å². The first-order valence-electron chi connectivity index (χ1n) is 9.42. The molecule has 0 bridgehead atoms. The molecule has 0 spiro atoms. The fourth-order valence-corrected chi connectivity index (χ4v) is 6.11. The van der Waals surface area contributed by atoms with Crippen LogP contribution in [0.5, 0.6) is 0 Å². The summed E-state index contributed by atoms with van der Waals surface area (Å²) in [7, 11) is -8.08. The van der Waals surface area contributed by atoms with Gasteiger partial charge in [-0.3, -0.25) is 4.72 Å². The molecular formula is C21H17ClF2N2O4S2. The molecule has 32 heavy (non-hydrogen) atoms. The van der Waals surface area contributed by atoms with Crippen LogP contribution in [0.1, 0.15) is 11.1 Å². The Kier molecular flexibility index (Phi) is 5.97. The summed E-state index contributed by atoms with van der Waals surface area (Å²) < 4.78 is 81.7. The van der Waals surface area contributed by atoms with E-state index in [4.69, 9.17) is 11.6 Å². The van der Waals surface area contributed by atoms with Crippen LogP contribution in [0.25, 0.3) is 0 Å². The summed E-state index contributed by atoms with van der Waals surface area (Å²) in [6.45, 7) is 0.310. The third kappa shape index (κ3) is 4.49. The molecule has 1 aliphatic heterocycles. The van der Waals surface area contributed by atoms with Crippen molar-refractivity contribution in [3.05, 3.63) is 88.4 Å². The van der Waals surface area contributed by atoms with E-state index in [2.05, 4.69) is 4.72 Å². The topological polar surface area (TPSA) is 83.6 Å². The van der Waals surface area contributed by atoms with Crippen molar-refractivity contribution in [2.24, 2.45) is 0 Å². The molecule has 0 unspecified atom stereocenters. The van der Waals surface area contributed by atoms with Crippen molar-refractivity contribution in [2.45, 2.75) is 22.8 Å². The molecule has 168 valence electrons. The Hall–Kier alpha value is -2.53. The molecule has 0 saturated carbocycles. The average Bonchev–Trinajstić information content (AvgIpc) is 2.73. The van der Waals surface area contributed by atoms with Gasteiger partial charge in [0.2, 0.25) is 10.0 Å². The maximum atomic E-state index is 13.9. The fraction of sp³-hybridized carbons (Fsp3) is 0.143. The van der Waals surface area contributed by atoms with E-state index >= 15 is 0 Å². The number of hydrogen-bond donors (Lipinski definition) is 1. The van der Waals surface area contributed by atoms with Crippen molar-refractivity contribution in [1.82, 2.24) is 4.31 Å². The van der Waals surface area contributed by atoms with Crippen molar-refractivity contribution in [2.75, 3.05) is 11.3 Å². The largest absolute Gasteiger partial charge is 0.280 e. The van der Waals surface area contributed by atoms with Crippen molar-refractivity contribution in [3.8, 4) is 0 Å². The highest BCUT2D eigenvalue weighted by Crippen LogP contribution is 2.29. The zero-order chi connectivity index (χ0) is 23.1. The Labute approximate surface area is 189 Å². The second-order valence-electron chi connectivity index (χ2n) is 7.21. The first kappa shape index (κ1) is 22.7. The molecule has 0 saturated heterocycles. The van der Waals surface area contributed by atoms with Crippen LogP contribution < -0.4 is 4.72 Å². The van der Waals surface area contributed by atoms with Crippen molar-refractivity contribution < 1.29 is 25.6 Å². The van der Waals surface area contributed by atoms with E-state index in [0.717, 1.165) is 17.7 Å². The third-order valence-electron chi connectivity index (χ3n) is 5.07. The van der Waals surface area contributed by atoms with Crippen LogP contribution >= 0.6 is 11.6 Å². The van der Waals surface area contributed by atoms with Crippen LogP contribution in [0.15, 0.2) is 70.5 Å². The number of nitrogens with zero attached hydrogens (tertiary/aromatic N) is 1. The summed E-state index contributed by atoms with van der Waals surface area (Å²) in [5, 5.41) is 0.419. The van der Waals surface area contributed by atoms with E-state index in [9.17, 15) is 25.6 Å². The maximum Gasteiger partial charge on any atom is 0.264 e. The second-order valence-corrected chi connectivity index (χ2v) is 11.2. The smallest absolute Gasteiger partial charge is 0.264 e. The Morgan fingerprint density at radius 1 is 0.875 bits per heavy atom. The van der Waals surface area contributed by atoms with Crippen LogP contribution in [0.4, 0.5) is 14.5 Å². The van der Waals surface area contributed by atoms with E-state index in [1.165, 1.54) is 40.7 Å². The lowest BCUT2D eigenvalue weighted by molar-refractivity contribution is 0.391. The van der Waals surface area contributed by atoms with E-state index in [0.29, 0.717) is 23.1 Å². The molecule has 1 aliphatic rings. The Balaban J connectivity index is 1.60. The normalized spacial score (nSPS) is 14.7. The van der Waals surface area contributed by atoms with E-state index < -0.39 is 36.6 Å². The Morgan fingerprint density at radius 2 is 1.59 bits per heavy atom. The van der Waals surface area contributed by atoms with Gasteiger partial charge in [0.05, 0.1) is 4.90 Å². The predicted molar refractivity (Wildman–Crippen MR) is 116 cm³/mol. The van der Waals surface area contributed by atoms with Crippen LogP contribution in [0, 0.1) is 11.6 Å². The number of benzene rings is 3. The predicted octanol–water partition coefficient (Wildman–Crippen LogP) is 4.17. The second kappa shape index (κ2) is 8.43. The zero-order valence-corrected chi connectivity index (χ0v) is 18.8. The molecule has 0 amide bonds. The summed E-state index contributed by atoms with van der Waals surface area (Å²) in [5.74, 6) is -2.10. The minimum absolute atomic E-state index is 0.0424. The molecule has 0 aliphatic carbocycles. The first-order valence-corrected chi connectivity index (χ1v) is 12.7. The summed E-state index contributed by atoms with van der Waals surface area (Å²) in [4.78, 5) is -0.586. The highest BCUT2D eigenvalue weighted by molar-refractivity contribution is 7.92. The highest BCUT2D eigenvalue weighted by atomic mass is 35.5.